The number of hydrogen-bond acceptors (Lipinski definition) is 4. The van der Waals surface area contributed by atoms with Crippen molar-refractivity contribution in [2.75, 3.05) is 11.9 Å². The zero-order chi connectivity index (χ0) is 18.4. The van der Waals surface area contributed by atoms with Crippen molar-refractivity contribution in [2.24, 2.45) is 5.41 Å². The van der Waals surface area contributed by atoms with Gasteiger partial charge in [0, 0.05) is 23.9 Å². The fraction of sp³-hybridized carbons (Fsp3) is 0.368. The average molecular weight is 344 g/mol. The molecule has 1 atom stereocenters. The lowest BCUT2D eigenvalue weighted by molar-refractivity contribution is 0.0884. The van der Waals surface area contributed by atoms with Gasteiger partial charge in [-0.2, -0.15) is 0 Å². The lowest BCUT2D eigenvalue weighted by Crippen LogP contribution is -2.44. The first-order chi connectivity index (χ1) is 11.8. The molecule has 25 heavy (non-hydrogen) atoms. The second kappa shape index (κ2) is 7.98. The first-order valence-electron chi connectivity index (χ1n) is 8.18. The van der Waals surface area contributed by atoms with Crippen LogP contribution in [-0.4, -0.2) is 29.6 Å². The van der Waals surface area contributed by atoms with Gasteiger partial charge < -0.3 is 20.2 Å². The number of carbonyl (C=O) groups excluding carboxylic acids is 2. The van der Waals surface area contributed by atoms with Gasteiger partial charge in [0.1, 0.15) is 0 Å². The molecular weight excluding hydrogens is 320 g/mol. The molecule has 0 fully saturated rings. The highest BCUT2D eigenvalue weighted by Crippen LogP contribution is 2.22. The molecule has 1 heterocycles. The number of aliphatic hydroxyl groups excluding tert-OH is 1. The Labute approximate surface area is 147 Å². The summed E-state index contributed by atoms with van der Waals surface area (Å²) in [5.41, 5.74) is 0.761. The van der Waals surface area contributed by atoms with Crippen LogP contribution in [0.25, 0.3) is 0 Å². The molecule has 0 radical (unpaired) electrons. The molecular formula is C19H24N2O4. The third-order valence-electron chi connectivity index (χ3n) is 3.90. The lowest BCUT2D eigenvalue weighted by atomic mass is 9.84. The van der Waals surface area contributed by atoms with E-state index in [0.29, 0.717) is 17.7 Å². The molecule has 0 aliphatic carbocycles. The molecule has 2 amide bonds. The van der Waals surface area contributed by atoms with Gasteiger partial charge in [0.05, 0.1) is 6.26 Å². The van der Waals surface area contributed by atoms with E-state index in [2.05, 4.69) is 10.6 Å². The minimum atomic E-state index is -0.379. The number of hydrogen-bond donors (Lipinski definition) is 3. The minimum Gasteiger partial charge on any atom is -0.459 e. The van der Waals surface area contributed by atoms with Crippen LogP contribution < -0.4 is 10.6 Å². The summed E-state index contributed by atoms with van der Waals surface area (Å²) in [5, 5.41) is 14.9. The molecule has 0 bridgehead atoms. The second-order valence-corrected chi connectivity index (χ2v) is 6.92. The van der Waals surface area contributed by atoms with Gasteiger partial charge in [0.25, 0.3) is 11.8 Å². The van der Waals surface area contributed by atoms with Crippen LogP contribution in [0.5, 0.6) is 0 Å². The molecule has 1 aromatic heterocycles. The van der Waals surface area contributed by atoms with Crippen LogP contribution >= 0.6 is 0 Å². The van der Waals surface area contributed by atoms with Crippen LogP contribution in [0, 0.1) is 5.41 Å². The lowest BCUT2D eigenvalue weighted by Gasteiger charge is -2.31. The maximum Gasteiger partial charge on any atom is 0.291 e. The number of anilines is 1. The van der Waals surface area contributed by atoms with Gasteiger partial charge in [0.15, 0.2) is 5.76 Å². The predicted molar refractivity (Wildman–Crippen MR) is 95.5 cm³/mol. The smallest absolute Gasteiger partial charge is 0.291 e. The van der Waals surface area contributed by atoms with E-state index in [1.165, 1.54) is 6.26 Å². The van der Waals surface area contributed by atoms with Gasteiger partial charge >= 0.3 is 0 Å². The molecule has 0 aliphatic heterocycles. The number of amides is 2. The number of carbonyl (C=O) groups is 2. The fourth-order valence-electron chi connectivity index (χ4n) is 2.43. The summed E-state index contributed by atoms with van der Waals surface area (Å²) >= 11 is 0. The first-order valence-corrected chi connectivity index (χ1v) is 8.18. The maximum absolute atomic E-state index is 12.5. The van der Waals surface area contributed by atoms with E-state index >= 15 is 0 Å². The maximum atomic E-state index is 12.5. The van der Waals surface area contributed by atoms with E-state index < -0.39 is 0 Å². The number of benzene rings is 1. The van der Waals surface area contributed by atoms with Crippen LogP contribution in [0.3, 0.4) is 0 Å². The molecule has 0 spiro atoms. The van der Waals surface area contributed by atoms with Gasteiger partial charge in [-0.1, -0.05) is 26.8 Å². The van der Waals surface area contributed by atoms with Crippen molar-refractivity contribution in [3.63, 3.8) is 0 Å². The predicted octanol–water partition coefficient (Wildman–Crippen LogP) is 3.06. The Bertz CT molecular complexity index is 717. The van der Waals surface area contributed by atoms with E-state index in [4.69, 9.17) is 4.42 Å². The molecule has 6 nitrogen and oxygen atoms in total. The van der Waals surface area contributed by atoms with Crippen LogP contribution in [0.15, 0.2) is 47.1 Å². The topological polar surface area (TPSA) is 91.6 Å². The largest absolute Gasteiger partial charge is 0.459 e. The summed E-state index contributed by atoms with van der Waals surface area (Å²) in [6, 6.07) is 9.72. The summed E-state index contributed by atoms with van der Waals surface area (Å²) in [4.78, 5) is 24.5. The fourth-order valence-corrected chi connectivity index (χ4v) is 2.43. The Morgan fingerprint density at radius 1 is 1.16 bits per heavy atom. The number of nitrogens with one attached hydrogen (secondary N) is 2. The molecule has 2 aromatic rings. The van der Waals surface area contributed by atoms with Crippen LogP contribution in [0.1, 0.15) is 48.1 Å². The summed E-state index contributed by atoms with van der Waals surface area (Å²) in [6.07, 6.45) is 1.90. The van der Waals surface area contributed by atoms with Crippen molar-refractivity contribution < 1.29 is 19.1 Å². The zero-order valence-corrected chi connectivity index (χ0v) is 14.7. The Balaban J connectivity index is 2.09. The van der Waals surface area contributed by atoms with Crippen molar-refractivity contribution in [1.29, 1.82) is 0 Å². The van der Waals surface area contributed by atoms with Crippen molar-refractivity contribution >= 4 is 17.5 Å². The Kier molecular flexibility index (Phi) is 5.98. The highest BCUT2D eigenvalue weighted by molar-refractivity contribution is 6.03. The molecule has 3 N–H and O–H groups in total. The van der Waals surface area contributed by atoms with Crippen LogP contribution in [-0.2, 0) is 0 Å². The molecule has 0 aliphatic rings. The van der Waals surface area contributed by atoms with Gasteiger partial charge in [-0.05, 0) is 42.2 Å². The number of furan rings is 1. The Morgan fingerprint density at radius 2 is 1.92 bits per heavy atom. The van der Waals surface area contributed by atoms with Gasteiger partial charge in [-0.15, -0.1) is 0 Å². The third kappa shape index (κ3) is 5.19. The van der Waals surface area contributed by atoms with E-state index in [1.807, 2.05) is 20.8 Å². The average Bonchev–Trinajstić information content (AvgIpc) is 3.08. The normalized spacial score (nSPS) is 12.5. The number of rotatable bonds is 6. The quantitative estimate of drug-likeness (QED) is 0.751. The highest BCUT2D eigenvalue weighted by Gasteiger charge is 2.26. The van der Waals surface area contributed by atoms with Gasteiger partial charge in [-0.25, -0.2) is 0 Å². The summed E-state index contributed by atoms with van der Waals surface area (Å²) in [6.45, 7) is 6.02. The monoisotopic (exact) mass is 344 g/mol. The molecule has 0 saturated carbocycles. The van der Waals surface area contributed by atoms with E-state index in [1.54, 1.807) is 36.4 Å². The number of aliphatic hydroxyl groups is 1. The van der Waals surface area contributed by atoms with Crippen molar-refractivity contribution in [3.8, 4) is 0 Å². The summed E-state index contributed by atoms with van der Waals surface area (Å²) < 4.78 is 5.05. The minimum absolute atomic E-state index is 0.00145. The van der Waals surface area contributed by atoms with Crippen molar-refractivity contribution in [1.82, 2.24) is 5.32 Å². The van der Waals surface area contributed by atoms with Gasteiger partial charge in [-0.3, -0.25) is 9.59 Å². The van der Waals surface area contributed by atoms with E-state index in [0.717, 1.165) is 0 Å². The molecule has 1 unspecified atom stereocenters. The van der Waals surface area contributed by atoms with E-state index in [-0.39, 0.29) is 35.6 Å². The Morgan fingerprint density at radius 3 is 2.52 bits per heavy atom. The van der Waals surface area contributed by atoms with Gasteiger partial charge in [0.2, 0.25) is 0 Å². The summed E-state index contributed by atoms with van der Waals surface area (Å²) in [7, 11) is 0. The SMILES string of the molecule is CC(C)(C)C(CCO)NC(=O)c1cccc(NC(=O)c2ccco2)c1. The third-order valence-corrected chi connectivity index (χ3v) is 3.90. The molecule has 6 heteroatoms. The molecule has 2 rings (SSSR count). The Hall–Kier alpha value is -2.60. The van der Waals surface area contributed by atoms with Crippen LogP contribution in [0.4, 0.5) is 5.69 Å². The van der Waals surface area contributed by atoms with Crippen molar-refractivity contribution in [2.45, 2.75) is 33.2 Å². The second-order valence-electron chi connectivity index (χ2n) is 6.92. The first kappa shape index (κ1) is 18.7. The van der Waals surface area contributed by atoms with E-state index in [9.17, 15) is 14.7 Å². The van der Waals surface area contributed by atoms with Crippen molar-refractivity contribution in [3.05, 3.63) is 54.0 Å². The van der Waals surface area contributed by atoms with Crippen LogP contribution in [0.2, 0.25) is 0 Å². The summed E-state index contributed by atoms with van der Waals surface area (Å²) in [5.74, 6) is -0.427. The zero-order valence-electron chi connectivity index (χ0n) is 14.7. The standard InChI is InChI=1S/C19H24N2O4/c1-19(2,3)16(9-10-22)21-17(23)13-6-4-7-14(12-13)20-18(24)15-8-5-11-25-15/h4-8,11-12,16,22H,9-10H2,1-3H3,(H,20,24)(H,21,23). The highest BCUT2D eigenvalue weighted by atomic mass is 16.3. The molecule has 0 saturated heterocycles. The molecule has 1 aromatic carbocycles. The molecule has 134 valence electrons.